The van der Waals surface area contributed by atoms with Gasteiger partial charge in [0.25, 0.3) is 0 Å². The highest BCUT2D eigenvalue weighted by molar-refractivity contribution is 4.66. The molecule has 2 atom stereocenters. The molecule has 0 saturated carbocycles. The largest absolute Gasteiger partial charge is 0.395 e. The molecule has 0 aromatic carbocycles. The van der Waals surface area contributed by atoms with E-state index in [1.54, 1.807) is 0 Å². The molecule has 0 bridgehead atoms. The second kappa shape index (κ2) is 4.77. The molecule has 0 aliphatic carbocycles. The van der Waals surface area contributed by atoms with Crippen LogP contribution in [0.1, 0.15) is 26.7 Å². The fourth-order valence-corrected chi connectivity index (χ4v) is 0.849. The Morgan fingerprint density at radius 3 is 2.44 bits per heavy atom. The first-order valence-corrected chi connectivity index (χ1v) is 3.58. The molecular weight excluding hydrogens is 114 g/mol. The van der Waals surface area contributed by atoms with E-state index in [4.69, 9.17) is 10.8 Å². The maximum absolute atomic E-state index is 8.61. The van der Waals surface area contributed by atoms with Crippen LogP contribution in [0.2, 0.25) is 0 Å². The Bertz CT molecular complexity index is 65.9. The van der Waals surface area contributed by atoms with E-state index in [-0.39, 0.29) is 12.6 Å². The summed E-state index contributed by atoms with van der Waals surface area (Å²) in [5, 5.41) is 8.61. The quantitative estimate of drug-likeness (QED) is 0.591. The van der Waals surface area contributed by atoms with Gasteiger partial charge >= 0.3 is 0 Å². The number of aliphatic hydroxyl groups is 1. The summed E-state index contributed by atoms with van der Waals surface area (Å²) in [6.45, 7) is 4.31. The Labute approximate surface area is 57.1 Å². The molecular formula is C7H17NO. The van der Waals surface area contributed by atoms with Crippen LogP contribution in [0, 0.1) is 5.92 Å². The first-order chi connectivity index (χ1) is 4.22. The van der Waals surface area contributed by atoms with Crippen LogP contribution in [0.5, 0.6) is 0 Å². The second-order valence-corrected chi connectivity index (χ2v) is 2.61. The maximum atomic E-state index is 8.61. The van der Waals surface area contributed by atoms with E-state index in [1.165, 1.54) is 0 Å². The molecule has 0 fully saturated rings. The van der Waals surface area contributed by atoms with Crippen molar-refractivity contribution in [3.8, 4) is 0 Å². The van der Waals surface area contributed by atoms with Crippen molar-refractivity contribution < 1.29 is 5.11 Å². The maximum Gasteiger partial charge on any atom is 0.0585 e. The molecule has 0 heterocycles. The van der Waals surface area contributed by atoms with Gasteiger partial charge < -0.3 is 10.8 Å². The van der Waals surface area contributed by atoms with Crippen LogP contribution in [-0.2, 0) is 0 Å². The van der Waals surface area contributed by atoms with E-state index < -0.39 is 0 Å². The van der Waals surface area contributed by atoms with Gasteiger partial charge in [-0.25, -0.2) is 0 Å². The van der Waals surface area contributed by atoms with E-state index in [9.17, 15) is 0 Å². The highest BCUT2D eigenvalue weighted by Gasteiger charge is 2.08. The Morgan fingerprint density at radius 1 is 1.56 bits per heavy atom. The van der Waals surface area contributed by atoms with Gasteiger partial charge in [0.05, 0.1) is 6.61 Å². The fourth-order valence-electron chi connectivity index (χ4n) is 0.849. The minimum Gasteiger partial charge on any atom is -0.395 e. The van der Waals surface area contributed by atoms with Crippen molar-refractivity contribution in [2.45, 2.75) is 32.7 Å². The van der Waals surface area contributed by atoms with E-state index in [0.29, 0.717) is 5.92 Å². The molecule has 0 aliphatic rings. The summed E-state index contributed by atoms with van der Waals surface area (Å²) in [6.07, 6.45) is 2.26. The zero-order valence-electron chi connectivity index (χ0n) is 6.30. The topological polar surface area (TPSA) is 46.2 Å². The molecule has 0 amide bonds. The van der Waals surface area contributed by atoms with Crippen LogP contribution in [0.15, 0.2) is 0 Å². The zero-order chi connectivity index (χ0) is 7.28. The second-order valence-electron chi connectivity index (χ2n) is 2.61. The first-order valence-electron chi connectivity index (χ1n) is 3.58. The summed E-state index contributed by atoms with van der Waals surface area (Å²) < 4.78 is 0. The lowest BCUT2D eigenvalue weighted by Gasteiger charge is -2.15. The van der Waals surface area contributed by atoms with Gasteiger partial charge in [0.1, 0.15) is 0 Å². The van der Waals surface area contributed by atoms with Gasteiger partial charge in [-0.15, -0.1) is 0 Å². The summed E-state index contributed by atoms with van der Waals surface area (Å²) in [6, 6.07) is -0.0232. The molecule has 3 N–H and O–H groups in total. The van der Waals surface area contributed by atoms with Crippen LogP contribution in [0.25, 0.3) is 0 Å². The lowest BCUT2D eigenvalue weighted by molar-refractivity contribution is 0.227. The molecule has 0 aromatic rings. The normalized spacial score (nSPS) is 17.3. The molecule has 0 saturated heterocycles. The van der Waals surface area contributed by atoms with Crippen LogP contribution < -0.4 is 5.73 Å². The van der Waals surface area contributed by atoms with Gasteiger partial charge in [0.2, 0.25) is 0 Å². The van der Waals surface area contributed by atoms with Crippen LogP contribution in [0.3, 0.4) is 0 Å². The zero-order valence-corrected chi connectivity index (χ0v) is 6.30. The van der Waals surface area contributed by atoms with Crippen molar-refractivity contribution in [3.63, 3.8) is 0 Å². The molecule has 0 aliphatic heterocycles. The molecule has 0 unspecified atom stereocenters. The summed E-state index contributed by atoms with van der Waals surface area (Å²) in [4.78, 5) is 0. The van der Waals surface area contributed by atoms with E-state index in [1.807, 2.05) is 0 Å². The standard InChI is InChI=1S/C7H17NO/c1-3-4-6(2)7(8)5-9/h6-7,9H,3-5,8H2,1-2H3/t6-,7+/m1/s1. The number of hydrogen-bond acceptors (Lipinski definition) is 2. The average Bonchev–Trinajstić information content (AvgIpc) is 1.87. The van der Waals surface area contributed by atoms with Gasteiger partial charge in [-0.3, -0.25) is 0 Å². The van der Waals surface area contributed by atoms with Gasteiger partial charge in [0, 0.05) is 6.04 Å². The Kier molecular flexibility index (Phi) is 4.72. The SMILES string of the molecule is CCC[C@@H](C)[C@@H](N)CO. The van der Waals surface area contributed by atoms with Crippen LogP contribution in [-0.4, -0.2) is 17.8 Å². The Morgan fingerprint density at radius 2 is 2.11 bits per heavy atom. The summed E-state index contributed by atoms with van der Waals surface area (Å²) in [5.41, 5.74) is 5.55. The van der Waals surface area contributed by atoms with Crippen LogP contribution in [0.4, 0.5) is 0 Å². The molecule has 56 valence electrons. The van der Waals surface area contributed by atoms with Crippen molar-refractivity contribution in [2.75, 3.05) is 6.61 Å². The molecule has 0 aromatic heterocycles. The molecule has 2 nitrogen and oxygen atoms in total. The Hall–Kier alpha value is -0.0800. The van der Waals surface area contributed by atoms with Crippen molar-refractivity contribution in [1.29, 1.82) is 0 Å². The van der Waals surface area contributed by atoms with Crippen LogP contribution >= 0.6 is 0 Å². The predicted octanol–water partition coefficient (Wildman–Crippen LogP) is 0.742. The minimum absolute atomic E-state index is 0.0232. The predicted molar refractivity (Wildman–Crippen MR) is 39.1 cm³/mol. The smallest absolute Gasteiger partial charge is 0.0585 e. The van der Waals surface area contributed by atoms with Gasteiger partial charge in [0.15, 0.2) is 0 Å². The average molecular weight is 131 g/mol. The van der Waals surface area contributed by atoms with Crippen molar-refractivity contribution in [1.82, 2.24) is 0 Å². The third-order valence-electron chi connectivity index (χ3n) is 1.69. The van der Waals surface area contributed by atoms with Gasteiger partial charge in [-0.1, -0.05) is 20.3 Å². The number of nitrogens with two attached hydrogens (primary N) is 1. The first kappa shape index (κ1) is 8.92. The monoisotopic (exact) mass is 131 g/mol. The molecule has 2 heteroatoms. The summed E-state index contributed by atoms with van der Waals surface area (Å²) in [7, 11) is 0. The lowest BCUT2D eigenvalue weighted by Crippen LogP contribution is -2.31. The number of aliphatic hydroxyl groups excluding tert-OH is 1. The number of rotatable bonds is 4. The molecule has 0 radical (unpaired) electrons. The minimum atomic E-state index is -0.0232. The van der Waals surface area contributed by atoms with Gasteiger partial charge in [-0.2, -0.15) is 0 Å². The molecule has 9 heavy (non-hydrogen) atoms. The molecule has 0 rings (SSSR count). The highest BCUT2D eigenvalue weighted by atomic mass is 16.3. The fraction of sp³-hybridized carbons (Fsp3) is 1.00. The third kappa shape index (κ3) is 3.49. The van der Waals surface area contributed by atoms with Crippen molar-refractivity contribution in [3.05, 3.63) is 0 Å². The summed E-state index contributed by atoms with van der Waals surface area (Å²) >= 11 is 0. The molecule has 0 spiro atoms. The van der Waals surface area contributed by atoms with E-state index in [2.05, 4.69) is 13.8 Å². The van der Waals surface area contributed by atoms with Gasteiger partial charge in [-0.05, 0) is 12.3 Å². The van der Waals surface area contributed by atoms with Crippen molar-refractivity contribution >= 4 is 0 Å². The third-order valence-corrected chi connectivity index (χ3v) is 1.69. The number of hydrogen-bond donors (Lipinski definition) is 2. The Balaban J connectivity index is 3.32. The van der Waals surface area contributed by atoms with E-state index in [0.717, 1.165) is 12.8 Å². The van der Waals surface area contributed by atoms with E-state index >= 15 is 0 Å². The van der Waals surface area contributed by atoms with Crippen molar-refractivity contribution in [2.24, 2.45) is 11.7 Å². The summed E-state index contributed by atoms with van der Waals surface area (Å²) in [5.74, 6) is 0.458. The highest BCUT2D eigenvalue weighted by Crippen LogP contribution is 2.07. The lowest BCUT2D eigenvalue weighted by atomic mass is 9.99.